The van der Waals surface area contributed by atoms with Crippen LogP contribution in [0.5, 0.6) is 5.75 Å². The Hall–Kier alpha value is -4.14. The first-order chi connectivity index (χ1) is 19.7. The number of pyridine rings is 1. The first-order valence-corrected chi connectivity index (χ1v) is 14.9. The van der Waals surface area contributed by atoms with Gasteiger partial charge in [-0.1, -0.05) is 19.9 Å². The van der Waals surface area contributed by atoms with E-state index in [4.69, 9.17) is 10.5 Å². The van der Waals surface area contributed by atoms with Gasteiger partial charge in [0, 0.05) is 32.4 Å². The van der Waals surface area contributed by atoms with Crippen molar-refractivity contribution < 1.29 is 17.9 Å². The van der Waals surface area contributed by atoms with E-state index in [1.54, 1.807) is 30.5 Å². The van der Waals surface area contributed by atoms with Gasteiger partial charge in [-0.3, -0.25) is 19.3 Å². The summed E-state index contributed by atoms with van der Waals surface area (Å²) in [5, 5.41) is 4.26. The van der Waals surface area contributed by atoms with E-state index in [0.29, 0.717) is 50.7 Å². The van der Waals surface area contributed by atoms with E-state index < -0.39 is 21.5 Å². The Morgan fingerprint density at radius 1 is 1.12 bits per heavy atom. The number of aromatic nitrogens is 5. The van der Waals surface area contributed by atoms with Crippen molar-refractivity contribution >= 4 is 27.0 Å². The van der Waals surface area contributed by atoms with E-state index in [2.05, 4.69) is 25.0 Å². The number of rotatable bonds is 10. The van der Waals surface area contributed by atoms with Crippen molar-refractivity contribution in [3.05, 3.63) is 64.3 Å². The fraction of sp³-hybridized carbons (Fsp3) is 0.370. The third kappa shape index (κ3) is 5.71. The minimum absolute atomic E-state index is 0.00225. The van der Waals surface area contributed by atoms with Crippen LogP contribution in [0.15, 0.2) is 52.3 Å². The van der Waals surface area contributed by atoms with Crippen molar-refractivity contribution in [2.24, 2.45) is 5.73 Å². The van der Waals surface area contributed by atoms with Crippen molar-refractivity contribution in [2.75, 3.05) is 39.3 Å². The predicted molar refractivity (Wildman–Crippen MR) is 152 cm³/mol. The first-order valence-electron chi connectivity index (χ1n) is 13.4. The van der Waals surface area contributed by atoms with Gasteiger partial charge in [0.2, 0.25) is 10.0 Å². The van der Waals surface area contributed by atoms with Crippen LogP contribution in [0.3, 0.4) is 0 Å². The molecule has 0 spiro atoms. The molecular formula is C27H32N8O5S. The molecule has 1 saturated heterocycles. The Morgan fingerprint density at radius 3 is 2.56 bits per heavy atom. The number of nitrogens with two attached hydrogens (primary N) is 1. The number of nitrogens with zero attached hydrogens (tertiary/aromatic N) is 6. The van der Waals surface area contributed by atoms with Gasteiger partial charge in [0.05, 0.1) is 29.3 Å². The van der Waals surface area contributed by atoms with Crippen LogP contribution in [-0.4, -0.2) is 87.6 Å². The second-order valence-corrected chi connectivity index (χ2v) is 11.6. The third-order valence-electron chi connectivity index (χ3n) is 6.95. The number of likely N-dealkylation sites (N-methyl/N-ethyl adjacent to an activating group) is 1. The predicted octanol–water partition coefficient (Wildman–Crippen LogP) is 1.44. The monoisotopic (exact) mass is 580 g/mol. The van der Waals surface area contributed by atoms with E-state index in [9.17, 15) is 18.0 Å². The van der Waals surface area contributed by atoms with E-state index in [0.717, 1.165) is 6.54 Å². The Morgan fingerprint density at radius 2 is 1.90 bits per heavy atom. The maximum Gasteiger partial charge on any atom is 0.277 e. The normalized spacial score (nSPS) is 14.9. The number of ether oxygens (including phenoxy) is 1. The minimum Gasteiger partial charge on any atom is -0.493 e. The molecule has 0 saturated carbocycles. The van der Waals surface area contributed by atoms with Gasteiger partial charge in [0.1, 0.15) is 17.1 Å². The van der Waals surface area contributed by atoms with Gasteiger partial charge in [-0.25, -0.2) is 13.4 Å². The molecule has 1 aliphatic heterocycles. The molecule has 4 heterocycles. The fourth-order valence-electron chi connectivity index (χ4n) is 4.77. The highest BCUT2D eigenvalue weighted by atomic mass is 32.2. The second-order valence-electron chi connectivity index (χ2n) is 9.65. The molecule has 5 rings (SSSR count). The summed E-state index contributed by atoms with van der Waals surface area (Å²) in [4.78, 5) is 39.5. The molecule has 1 aliphatic rings. The molecular weight excluding hydrogens is 548 g/mol. The molecule has 13 nitrogen and oxygen atoms in total. The van der Waals surface area contributed by atoms with Crippen LogP contribution in [0, 0.1) is 0 Å². The molecule has 1 fully saturated rings. The number of carbonyl (C=O) groups is 1. The lowest BCUT2D eigenvalue weighted by Crippen LogP contribution is -2.48. The summed E-state index contributed by atoms with van der Waals surface area (Å²) in [5.74, 6) is -0.490. The molecule has 1 amide bonds. The number of hydrogen-bond donors (Lipinski definition) is 2. The maximum absolute atomic E-state index is 13.6. The molecule has 216 valence electrons. The molecule has 0 unspecified atom stereocenters. The number of hydrogen-bond acceptors (Lipinski definition) is 9. The number of nitrogens with one attached hydrogen (secondary N) is 1. The molecule has 3 N–H and O–H groups in total. The van der Waals surface area contributed by atoms with Crippen LogP contribution in [0.2, 0.25) is 0 Å². The van der Waals surface area contributed by atoms with E-state index in [1.165, 1.54) is 21.1 Å². The van der Waals surface area contributed by atoms with E-state index >= 15 is 0 Å². The van der Waals surface area contributed by atoms with Gasteiger partial charge in [-0.05, 0) is 43.3 Å². The summed E-state index contributed by atoms with van der Waals surface area (Å²) < 4.78 is 35.9. The average Bonchev–Trinajstić information content (AvgIpc) is 3.35. The Bertz CT molecular complexity index is 1730. The molecule has 0 aliphatic carbocycles. The van der Waals surface area contributed by atoms with Crippen molar-refractivity contribution in [3.63, 3.8) is 0 Å². The summed E-state index contributed by atoms with van der Waals surface area (Å²) >= 11 is 0. The van der Waals surface area contributed by atoms with Gasteiger partial charge >= 0.3 is 0 Å². The quantitative estimate of drug-likeness (QED) is 0.282. The molecule has 0 radical (unpaired) electrons. The summed E-state index contributed by atoms with van der Waals surface area (Å²) in [6, 6.07) is 9.82. The van der Waals surface area contributed by atoms with Crippen molar-refractivity contribution in [1.82, 2.24) is 33.9 Å². The standard InChI is InChI=1S/C27H32N8O5S/c1-3-15-40-21-9-8-19(41(38,39)34-13-11-33(4-2)12-14-34)16-20(21)26-30-22-23(25(28)36)32-35(24(22)27(37)31-26)17-18-7-5-6-10-29-18/h5-10,16H,3-4,11-15,17H2,1-2H3,(H2,28,36)(H,30,31,37). The molecule has 3 aromatic heterocycles. The largest absolute Gasteiger partial charge is 0.493 e. The van der Waals surface area contributed by atoms with Crippen molar-refractivity contribution in [1.29, 1.82) is 0 Å². The van der Waals surface area contributed by atoms with Gasteiger partial charge in [-0.2, -0.15) is 9.40 Å². The third-order valence-corrected chi connectivity index (χ3v) is 8.85. The molecule has 1 aromatic carbocycles. The van der Waals surface area contributed by atoms with Crippen LogP contribution in [0.4, 0.5) is 0 Å². The van der Waals surface area contributed by atoms with Gasteiger partial charge in [0.15, 0.2) is 11.2 Å². The number of carbonyl (C=O) groups excluding carboxylic acids is 1. The molecule has 0 bridgehead atoms. The second kappa shape index (κ2) is 11.8. The lowest BCUT2D eigenvalue weighted by atomic mass is 10.1. The zero-order valence-electron chi connectivity index (χ0n) is 22.9. The number of piperazine rings is 1. The SMILES string of the molecule is CCCOc1ccc(S(=O)(=O)N2CCN(CC)CC2)cc1-c1nc2c(C(N)=O)nn(Cc3ccccn3)c2c(=O)[nH]1. The number of primary amides is 1. The zero-order valence-corrected chi connectivity index (χ0v) is 23.7. The van der Waals surface area contributed by atoms with Crippen LogP contribution in [-0.2, 0) is 16.6 Å². The minimum atomic E-state index is -3.83. The van der Waals surface area contributed by atoms with Gasteiger partial charge in [0.25, 0.3) is 11.5 Å². The molecule has 0 atom stereocenters. The van der Waals surface area contributed by atoms with Crippen molar-refractivity contribution in [3.8, 4) is 17.1 Å². The van der Waals surface area contributed by atoms with E-state index in [-0.39, 0.29) is 39.6 Å². The maximum atomic E-state index is 13.6. The van der Waals surface area contributed by atoms with Crippen LogP contribution < -0.4 is 16.0 Å². The van der Waals surface area contributed by atoms with Gasteiger partial charge in [-0.15, -0.1) is 0 Å². The van der Waals surface area contributed by atoms with Crippen LogP contribution >= 0.6 is 0 Å². The molecule has 41 heavy (non-hydrogen) atoms. The number of fused-ring (bicyclic) bond motifs is 1. The number of sulfonamides is 1. The number of aromatic amines is 1. The molecule has 4 aromatic rings. The fourth-order valence-corrected chi connectivity index (χ4v) is 6.22. The number of H-pyrrole nitrogens is 1. The van der Waals surface area contributed by atoms with Crippen LogP contribution in [0.25, 0.3) is 22.4 Å². The Labute approximate surface area is 237 Å². The summed E-state index contributed by atoms with van der Waals surface area (Å²) in [7, 11) is -3.83. The highest BCUT2D eigenvalue weighted by Gasteiger charge is 2.30. The van der Waals surface area contributed by atoms with E-state index in [1.807, 2.05) is 13.8 Å². The van der Waals surface area contributed by atoms with Crippen molar-refractivity contribution in [2.45, 2.75) is 31.7 Å². The highest BCUT2D eigenvalue weighted by Crippen LogP contribution is 2.32. The van der Waals surface area contributed by atoms with Crippen LogP contribution in [0.1, 0.15) is 36.5 Å². The summed E-state index contributed by atoms with van der Waals surface area (Å²) in [5.41, 5.74) is 5.77. The van der Waals surface area contributed by atoms with Gasteiger partial charge < -0.3 is 20.4 Å². The first kappa shape index (κ1) is 28.4. The summed E-state index contributed by atoms with van der Waals surface area (Å²) in [6.45, 7) is 7.34. The topological polar surface area (TPSA) is 169 Å². The zero-order chi connectivity index (χ0) is 29.1. The lowest BCUT2D eigenvalue weighted by molar-refractivity contribution is 0.0996. The summed E-state index contributed by atoms with van der Waals surface area (Å²) in [6.07, 6.45) is 2.31. The number of benzene rings is 1. The highest BCUT2D eigenvalue weighted by molar-refractivity contribution is 7.89. The Kier molecular flexibility index (Phi) is 8.15. The smallest absolute Gasteiger partial charge is 0.277 e. The Balaban J connectivity index is 1.62. The lowest BCUT2D eigenvalue weighted by Gasteiger charge is -2.33. The number of amides is 1. The molecule has 14 heteroatoms. The average molecular weight is 581 g/mol.